The van der Waals surface area contributed by atoms with Crippen molar-refractivity contribution in [2.75, 3.05) is 26.2 Å². The van der Waals surface area contributed by atoms with Crippen LogP contribution in [-0.4, -0.2) is 48.4 Å². The van der Waals surface area contributed by atoms with Crippen molar-refractivity contribution in [3.05, 3.63) is 108 Å². The van der Waals surface area contributed by atoms with Crippen molar-refractivity contribution >= 4 is 6.09 Å². The van der Waals surface area contributed by atoms with Gasteiger partial charge in [0.1, 0.15) is 6.61 Å². The second-order valence-electron chi connectivity index (χ2n) is 11.2. The van der Waals surface area contributed by atoms with Crippen molar-refractivity contribution in [3.63, 3.8) is 0 Å². The molecule has 2 aliphatic rings. The van der Waals surface area contributed by atoms with Crippen LogP contribution in [0.3, 0.4) is 0 Å². The predicted molar refractivity (Wildman–Crippen MR) is 164 cm³/mol. The summed E-state index contributed by atoms with van der Waals surface area (Å²) in [6.07, 6.45) is 4.29. The van der Waals surface area contributed by atoms with Gasteiger partial charge >= 0.3 is 6.09 Å². The van der Waals surface area contributed by atoms with Crippen LogP contribution in [0.4, 0.5) is 4.79 Å². The molecule has 5 rings (SSSR count). The average molecular weight is 571 g/mol. The number of alkyl carbamates (subject to hydrolysis) is 1. The molecule has 2 heterocycles. The molecule has 7 heteroatoms. The molecule has 1 amide bonds. The molecule has 42 heavy (non-hydrogen) atoms. The Morgan fingerprint density at radius 3 is 2.43 bits per heavy atom. The van der Waals surface area contributed by atoms with Gasteiger partial charge in [0.05, 0.1) is 18.8 Å². The number of likely N-dealkylation sites (tertiary alicyclic amines) is 1. The van der Waals surface area contributed by atoms with E-state index in [-0.39, 0.29) is 31.3 Å². The highest BCUT2D eigenvalue weighted by atomic mass is 16.7. The highest BCUT2D eigenvalue weighted by Gasteiger charge is 2.39. The number of aliphatic hydroxyl groups is 1. The highest BCUT2D eigenvalue weighted by Crippen LogP contribution is 2.42. The zero-order valence-electron chi connectivity index (χ0n) is 24.4. The maximum absolute atomic E-state index is 11.8. The monoisotopic (exact) mass is 570 g/mol. The number of nitrogens with zero attached hydrogens (tertiary/aromatic N) is 1. The molecule has 0 aliphatic carbocycles. The first-order valence-corrected chi connectivity index (χ1v) is 15.0. The topological polar surface area (TPSA) is 80.3 Å². The van der Waals surface area contributed by atoms with Crippen LogP contribution >= 0.6 is 0 Å². The van der Waals surface area contributed by atoms with Gasteiger partial charge in [0.25, 0.3) is 0 Å². The summed E-state index contributed by atoms with van der Waals surface area (Å²) < 4.78 is 18.3. The standard InChI is InChI=1S/C35H42N2O5/c1-3-20-40-35(39)36-22-27-8-7-9-31(21-27)28-14-16-30(17-15-28)34-41-32(23-37-18-5-4-6-19-37)25(2)33(42-34)29-12-10-26(24-38)11-13-29/h3,7-17,21,25,32-34,38H,1,4-6,18-20,22-24H2,2H3,(H,36,39)/t25-,32+,33+,34+/m0/s1. The van der Waals surface area contributed by atoms with Crippen molar-refractivity contribution in [2.45, 2.75) is 57.8 Å². The van der Waals surface area contributed by atoms with E-state index in [2.05, 4.69) is 72.3 Å². The molecule has 7 nitrogen and oxygen atoms in total. The second-order valence-corrected chi connectivity index (χ2v) is 11.2. The molecule has 3 aromatic rings. The number of piperidine rings is 1. The maximum atomic E-state index is 11.8. The molecule has 4 atom stereocenters. The predicted octanol–water partition coefficient (Wildman–Crippen LogP) is 6.54. The van der Waals surface area contributed by atoms with E-state index in [0.717, 1.165) is 53.0 Å². The number of amides is 1. The largest absolute Gasteiger partial charge is 0.445 e. The lowest BCUT2D eigenvalue weighted by Gasteiger charge is -2.43. The quantitative estimate of drug-likeness (QED) is 0.270. The van der Waals surface area contributed by atoms with Gasteiger partial charge in [-0.05, 0) is 59.8 Å². The fraction of sp³-hybridized carbons (Fsp3) is 0.400. The number of carbonyl (C=O) groups is 1. The molecule has 0 unspecified atom stereocenters. The van der Waals surface area contributed by atoms with Crippen LogP contribution in [-0.2, 0) is 27.4 Å². The van der Waals surface area contributed by atoms with Crippen LogP contribution in [0.15, 0.2) is 85.5 Å². The van der Waals surface area contributed by atoms with Gasteiger partial charge in [-0.3, -0.25) is 0 Å². The van der Waals surface area contributed by atoms with E-state index in [4.69, 9.17) is 14.2 Å². The van der Waals surface area contributed by atoms with Gasteiger partial charge in [0, 0.05) is 24.6 Å². The number of nitrogens with one attached hydrogen (secondary N) is 1. The first kappa shape index (κ1) is 30.0. The van der Waals surface area contributed by atoms with Crippen LogP contribution in [0.25, 0.3) is 11.1 Å². The summed E-state index contributed by atoms with van der Waals surface area (Å²) in [5, 5.41) is 12.3. The molecule has 2 aliphatic heterocycles. The molecule has 0 aromatic heterocycles. The Kier molecular flexibility index (Phi) is 10.4. The van der Waals surface area contributed by atoms with Gasteiger partial charge < -0.3 is 29.5 Å². The van der Waals surface area contributed by atoms with Gasteiger partial charge in [-0.25, -0.2) is 4.79 Å². The molecule has 2 saturated heterocycles. The fourth-order valence-electron chi connectivity index (χ4n) is 5.78. The van der Waals surface area contributed by atoms with E-state index in [1.54, 1.807) is 0 Å². The summed E-state index contributed by atoms with van der Waals surface area (Å²) in [6, 6.07) is 24.5. The van der Waals surface area contributed by atoms with E-state index in [1.165, 1.54) is 25.3 Å². The van der Waals surface area contributed by atoms with Crippen LogP contribution < -0.4 is 5.32 Å². The van der Waals surface area contributed by atoms with Gasteiger partial charge in [0.15, 0.2) is 6.29 Å². The van der Waals surface area contributed by atoms with Crippen molar-refractivity contribution in [1.82, 2.24) is 10.2 Å². The van der Waals surface area contributed by atoms with Crippen LogP contribution in [0.1, 0.15) is 60.8 Å². The number of aliphatic hydroxyl groups excluding tert-OH is 1. The number of benzene rings is 3. The average Bonchev–Trinajstić information content (AvgIpc) is 3.04. The van der Waals surface area contributed by atoms with Crippen molar-refractivity contribution < 1.29 is 24.1 Å². The number of rotatable bonds is 10. The molecular formula is C35H42N2O5. The first-order chi connectivity index (χ1) is 20.5. The maximum Gasteiger partial charge on any atom is 0.407 e. The SMILES string of the molecule is C=CCOC(=O)NCc1cccc(-c2ccc([C@@H]3O[C@H](CN4CCCCC4)[C@H](C)[C@H](c4ccc(CO)cc4)O3)cc2)c1. The third-order valence-electron chi connectivity index (χ3n) is 8.22. The third kappa shape index (κ3) is 7.66. The second kappa shape index (κ2) is 14.6. The Labute approximate surface area is 249 Å². The van der Waals surface area contributed by atoms with Crippen molar-refractivity contribution in [3.8, 4) is 11.1 Å². The molecule has 2 fully saturated rings. The minimum Gasteiger partial charge on any atom is -0.445 e. The fourth-order valence-corrected chi connectivity index (χ4v) is 5.78. The lowest BCUT2D eigenvalue weighted by molar-refractivity contribution is -0.276. The summed E-state index contributed by atoms with van der Waals surface area (Å²) in [6.45, 7) is 9.50. The van der Waals surface area contributed by atoms with E-state index in [1.807, 2.05) is 24.3 Å². The Bertz CT molecular complexity index is 1300. The highest BCUT2D eigenvalue weighted by molar-refractivity contribution is 5.68. The number of hydrogen-bond acceptors (Lipinski definition) is 6. The van der Waals surface area contributed by atoms with E-state index < -0.39 is 12.4 Å². The lowest BCUT2D eigenvalue weighted by atomic mass is 9.89. The number of ether oxygens (including phenoxy) is 3. The summed E-state index contributed by atoms with van der Waals surface area (Å²) in [5.41, 5.74) is 6.09. The normalized spacial score (nSPS) is 22.8. The Morgan fingerprint density at radius 1 is 0.976 bits per heavy atom. The Morgan fingerprint density at radius 2 is 1.71 bits per heavy atom. The van der Waals surface area contributed by atoms with Crippen molar-refractivity contribution in [1.29, 1.82) is 0 Å². The molecule has 2 N–H and O–H groups in total. The Hall–Kier alpha value is -3.49. The molecule has 0 saturated carbocycles. The van der Waals surface area contributed by atoms with E-state index in [0.29, 0.717) is 6.54 Å². The first-order valence-electron chi connectivity index (χ1n) is 15.0. The van der Waals surface area contributed by atoms with Gasteiger partial charge in [-0.1, -0.05) is 92.7 Å². The molecule has 3 aromatic carbocycles. The van der Waals surface area contributed by atoms with Gasteiger partial charge in [-0.15, -0.1) is 0 Å². The minimum absolute atomic E-state index is 0.0265. The van der Waals surface area contributed by atoms with Gasteiger partial charge in [0.2, 0.25) is 0 Å². The molecule has 0 radical (unpaired) electrons. The van der Waals surface area contributed by atoms with Gasteiger partial charge in [-0.2, -0.15) is 0 Å². The molecule has 0 bridgehead atoms. The third-order valence-corrected chi connectivity index (χ3v) is 8.22. The van der Waals surface area contributed by atoms with E-state index in [9.17, 15) is 9.90 Å². The minimum atomic E-state index is -0.482. The summed E-state index contributed by atoms with van der Waals surface area (Å²) >= 11 is 0. The van der Waals surface area contributed by atoms with E-state index >= 15 is 0 Å². The van der Waals surface area contributed by atoms with Crippen LogP contribution in [0.5, 0.6) is 0 Å². The molecule has 222 valence electrons. The zero-order valence-corrected chi connectivity index (χ0v) is 24.4. The van der Waals surface area contributed by atoms with Crippen LogP contribution in [0.2, 0.25) is 0 Å². The summed E-state index contributed by atoms with van der Waals surface area (Å²) in [5.74, 6) is 0.174. The lowest BCUT2D eigenvalue weighted by Crippen LogP contribution is -2.45. The molecule has 0 spiro atoms. The smallest absolute Gasteiger partial charge is 0.407 e. The zero-order chi connectivity index (χ0) is 29.3. The van der Waals surface area contributed by atoms with Crippen molar-refractivity contribution in [2.24, 2.45) is 5.92 Å². The number of carbonyl (C=O) groups excluding carboxylic acids is 1. The Balaban J connectivity index is 1.32. The number of hydrogen-bond donors (Lipinski definition) is 2. The van der Waals surface area contributed by atoms with Crippen LogP contribution in [0, 0.1) is 5.92 Å². The molecular weight excluding hydrogens is 528 g/mol. The summed E-state index contributed by atoms with van der Waals surface area (Å²) in [4.78, 5) is 14.3. The summed E-state index contributed by atoms with van der Waals surface area (Å²) in [7, 11) is 0.